The maximum atomic E-state index is 12.9. The first-order chi connectivity index (χ1) is 14.0. The molecule has 0 aromatic heterocycles. The van der Waals surface area contributed by atoms with Gasteiger partial charge in [0.25, 0.3) is 0 Å². The van der Waals surface area contributed by atoms with Crippen LogP contribution in [0.25, 0.3) is 0 Å². The van der Waals surface area contributed by atoms with Crippen molar-refractivity contribution in [3.63, 3.8) is 0 Å². The van der Waals surface area contributed by atoms with Gasteiger partial charge in [-0.15, -0.1) is 0 Å². The predicted molar refractivity (Wildman–Crippen MR) is 111 cm³/mol. The minimum atomic E-state index is -1.14. The molecule has 4 atom stereocenters. The first-order valence-corrected chi connectivity index (χ1v) is 10.4. The molecule has 2 aliphatic rings. The van der Waals surface area contributed by atoms with Crippen LogP contribution >= 0.6 is 0 Å². The number of hydrogen-bond donors (Lipinski definition) is 3. The number of allylic oxidation sites excluding steroid dienone is 3. The second-order valence-corrected chi connectivity index (χ2v) is 7.78. The third-order valence-corrected chi connectivity index (χ3v) is 5.79. The molecule has 1 aliphatic heterocycles. The Balaban J connectivity index is 1.93. The average Bonchev–Trinajstić information content (AvgIpc) is 2.65. The fraction of sp³-hybridized carbons (Fsp3) is 0.478. The lowest BCUT2D eigenvalue weighted by atomic mass is 9.73. The van der Waals surface area contributed by atoms with Gasteiger partial charge in [0.2, 0.25) is 0 Å². The van der Waals surface area contributed by atoms with Crippen LogP contribution in [-0.2, 0) is 9.53 Å². The van der Waals surface area contributed by atoms with Gasteiger partial charge in [-0.05, 0) is 55.4 Å². The lowest BCUT2D eigenvalue weighted by Crippen LogP contribution is -2.45. The molecule has 1 heterocycles. The number of fused-ring (bicyclic) bond motifs is 1. The van der Waals surface area contributed by atoms with Gasteiger partial charge in [-0.1, -0.05) is 44.1 Å². The fourth-order valence-corrected chi connectivity index (χ4v) is 4.35. The van der Waals surface area contributed by atoms with E-state index in [1.807, 2.05) is 18.2 Å². The Morgan fingerprint density at radius 1 is 1.38 bits per heavy atom. The van der Waals surface area contributed by atoms with Crippen LogP contribution in [0.1, 0.15) is 56.9 Å². The van der Waals surface area contributed by atoms with E-state index in [-0.39, 0.29) is 11.8 Å². The number of benzene rings is 1. The van der Waals surface area contributed by atoms with Crippen molar-refractivity contribution >= 4 is 17.7 Å². The van der Waals surface area contributed by atoms with Gasteiger partial charge in [-0.3, -0.25) is 10.1 Å². The Labute approximate surface area is 171 Å². The Morgan fingerprint density at radius 3 is 2.97 bits per heavy atom. The number of aliphatic hydroxyl groups excluding tert-OH is 1. The molecule has 1 amide bonds. The second-order valence-electron chi connectivity index (χ2n) is 7.78. The molecule has 156 valence electrons. The first kappa shape index (κ1) is 21.1. The summed E-state index contributed by atoms with van der Waals surface area (Å²) in [6.07, 6.45) is 8.96. The van der Waals surface area contributed by atoms with Crippen LogP contribution in [0.3, 0.4) is 0 Å². The number of aliphatic hydroxyl groups is 1. The minimum absolute atomic E-state index is 0.202. The number of carbonyl (C=O) groups is 2. The summed E-state index contributed by atoms with van der Waals surface area (Å²) in [6, 6.07) is 7.08. The molecule has 1 aromatic carbocycles. The molecule has 0 bridgehead atoms. The summed E-state index contributed by atoms with van der Waals surface area (Å²) < 4.78 is 5.69. The fourth-order valence-electron chi connectivity index (χ4n) is 4.35. The van der Waals surface area contributed by atoms with Crippen molar-refractivity contribution in [2.75, 3.05) is 5.32 Å². The largest absolute Gasteiger partial charge is 0.465 e. The van der Waals surface area contributed by atoms with Crippen LogP contribution in [0.2, 0.25) is 0 Å². The molecule has 0 spiro atoms. The van der Waals surface area contributed by atoms with E-state index in [2.05, 4.69) is 12.2 Å². The van der Waals surface area contributed by atoms with Crippen molar-refractivity contribution in [3.8, 4) is 0 Å². The SMILES string of the molecule is CCCCC(c1cccc(NC(=O)O)c1)C1C(=O)OC2=CC=CCCCC2C1O. The number of carbonyl (C=O) groups excluding carboxylic acids is 1. The Hall–Kier alpha value is -2.60. The molecule has 3 rings (SSSR count). The van der Waals surface area contributed by atoms with E-state index in [1.54, 1.807) is 24.3 Å². The van der Waals surface area contributed by atoms with Crippen LogP contribution < -0.4 is 5.32 Å². The average molecular weight is 399 g/mol. The van der Waals surface area contributed by atoms with Crippen LogP contribution in [-0.4, -0.2) is 28.4 Å². The summed E-state index contributed by atoms with van der Waals surface area (Å²) in [5.41, 5.74) is 1.29. The van der Waals surface area contributed by atoms with E-state index in [9.17, 15) is 14.7 Å². The van der Waals surface area contributed by atoms with Crippen LogP contribution in [0, 0.1) is 11.8 Å². The van der Waals surface area contributed by atoms with Gasteiger partial charge in [-0.2, -0.15) is 0 Å². The number of nitrogens with one attached hydrogen (secondary N) is 1. The van der Waals surface area contributed by atoms with Crippen LogP contribution in [0.4, 0.5) is 10.5 Å². The molecule has 0 saturated carbocycles. The van der Waals surface area contributed by atoms with Gasteiger partial charge < -0.3 is 14.9 Å². The van der Waals surface area contributed by atoms with E-state index < -0.39 is 24.1 Å². The van der Waals surface area contributed by atoms with Crippen molar-refractivity contribution in [2.24, 2.45) is 11.8 Å². The van der Waals surface area contributed by atoms with Crippen molar-refractivity contribution in [1.29, 1.82) is 0 Å². The van der Waals surface area contributed by atoms with Gasteiger partial charge in [0.15, 0.2) is 0 Å². The Morgan fingerprint density at radius 2 is 2.21 bits per heavy atom. The smallest absolute Gasteiger partial charge is 0.409 e. The normalized spacial score (nSPS) is 25.1. The lowest BCUT2D eigenvalue weighted by molar-refractivity contribution is -0.160. The first-order valence-electron chi connectivity index (χ1n) is 10.4. The second kappa shape index (κ2) is 9.74. The predicted octanol–water partition coefficient (Wildman–Crippen LogP) is 4.82. The molecular weight excluding hydrogens is 370 g/mol. The molecule has 1 aliphatic carbocycles. The minimum Gasteiger partial charge on any atom is -0.465 e. The molecule has 4 unspecified atom stereocenters. The highest BCUT2D eigenvalue weighted by molar-refractivity contribution is 5.83. The summed E-state index contributed by atoms with van der Waals surface area (Å²) in [6.45, 7) is 2.08. The number of amides is 1. The van der Waals surface area contributed by atoms with Crippen molar-refractivity contribution in [1.82, 2.24) is 0 Å². The third-order valence-electron chi connectivity index (χ3n) is 5.79. The zero-order valence-electron chi connectivity index (χ0n) is 16.7. The number of anilines is 1. The zero-order chi connectivity index (χ0) is 20.8. The molecule has 1 fully saturated rings. The van der Waals surface area contributed by atoms with Gasteiger partial charge >= 0.3 is 12.1 Å². The summed E-state index contributed by atoms with van der Waals surface area (Å²) in [4.78, 5) is 24.0. The highest BCUT2D eigenvalue weighted by Crippen LogP contribution is 2.43. The molecular formula is C23H29NO5. The van der Waals surface area contributed by atoms with Crippen molar-refractivity contribution in [3.05, 3.63) is 53.8 Å². The highest BCUT2D eigenvalue weighted by atomic mass is 16.5. The third kappa shape index (κ3) is 5.07. The highest BCUT2D eigenvalue weighted by Gasteiger charge is 2.46. The van der Waals surface area contributed by atoms with Gasteiger partial charge in [0, 0.05) is 11.6 Å². The van der Waals surface area contributed by atoms with E-state index in [0.717, 1.165) is 44.1 Å². The van der Waals surface area contributed by atoms with Crippen molar-refractivity contribution < 1.29 is 24.5 Å². The number of unbranched alkanes of at least 4 members (excludes halogenated alkanes) is 1. The summed E-state index contributed by atoms with van der Waals surface area (Å²) in [5.74, 6) is -0.980. The molecule has 3 N–H and O–H groups in total. The molecule has 0 radical (unpaired) electrons. The lowest BCUT2D eigenvalue weighted by Gasteiger charge is -2.39. The van der Waals surface area contributed by atoms with Crippen LogP contribution in [0.5, 0.6) is 0 Å². The summed E-state index contributed by atoms with van der Waals surface area (Å²) >= 11 is 0. The van der Waals surface area contributed by atoms with Gasteiger partial charge in [-0.25, -0.2) is 4.79 Å². The summed E-state index contributed by atoms with van der Waals surface area (Å²) in [5, 5.41) is 22.6. The number of rotatable bonds is 6. The quantitative estimate of drug-likeness (QED) is 0.596. The number of esters is 1. The summed E-state index contributed by atoms with van der Waals surface area (Å²) in [7, 11) is 0. The Bertz CT molecular complexity index is 800. The monoisotopic (exact) mass is 399 g/mol. The van der Waals surface area contributed by atoms with E-state index in [4.69, 9.17) is 9.84 Å². The van der Waals surface area contributed by atoms with Crippen molar-refractivity contribution in [2.45, 2.75) is 57.5 Å². The molecule has 6 nitrogen and oxygen atoms in total. The van der Waals surface area contributed by atoms with Crippen LogP contribution in [0.15, 0.2) is 48.3 Å². The number of hydrogen-bond acceptors (Lipinski definition) is 4. The molecule has 1 aromatic rings. The maximum Gasteiger partial charge on any atom is 0.409 e. The van der Waals surface area contributed by atoms with Gasteiger partial charge in [0.1, 0.15) is 5.76 Å². The molecule has 29 heavy (non-hydrogen) atoms. The van der Waals surface area contributed by atoms with E-state index in [0.29, 0.717) is 11.4 Å². The van der Waals surface area contributed by atoms with Gasteiger partial charge in [0.05, 0.1) is 12.0 Å². The molecule has 1 saturated heterocycles. The number of ether oxygens (including phenoxy) is 1. The zero-order valence-corrected chi connectivity index (χ0v) is 16.7. The van der Waals surface area contributed by atoms with E-state index in [1.165, 1.54) is 0 Å². The topological polar surface area (TPSA) is 95.9 Å². The Kier molecular flexibility index (Phi) is 7.09. The van der Waals surface area contributed by atoms with E-state index >= 15 is 0 Å². The standard InChI is InChI=1S/C23H29NO5/c1-2-3-11-17(15-9-8-10-16(14-15)24-23(27)28)20-21(25)18-12-6-4-5-7-13-19(18)29-22(20)26/h5,7-10,13-14,17-18,20-21,24-25H,2-4,6,11-12H2,1H3,(H,27,28). The molecule has 6 heteroatoms. The number of carboxylic acid groups (broad SMARTS) is 1. The maximum absolute atomic E-state index is 12.9.